The van der Waals surface area contributed by atoms with E-state index in [2.05, 4.69) is 5.92 Å². The minimum Gasteiger partial charge on any atom is -0.497 e. The van der Waals surface area contributed by atoms with Gasteiger partial charge in [0.15, 0.2) is 0 Å². The zero-order valence-electron chi connectivity index (χ0n) is 9.82. The summed E-state index contributed by atoms with van der Waals surface area (Å²) in [6.45, 7) is 3.98. The number of rotatable bonds is 3. The molecule has 1 N–H and O–H groups in total. The van der Waals surface area contributed by atoms with Crippen LogP contribution in [-0.4, -0.2) is 12.2 Å². The predicted molar refractivity (Wildman–Crippen MR) is 66.1 cm³/mol. The first-order chi connectivity index (χ1) is 7.58. The fourth-order valence-corrected chi connectivity index (χ4v) is 1.45. The number of hydrogen-bond acceptors (Lipinski definition) is 2. The van der Waals surface area contributed by atoms with E-state index in [0.29, 0.717) is 0 Å². The molecule has 0 spiro atoms. The summed E-state index contributed by atoms with van der Waals surface area (Å²) < 4.78 is 5.14. The molecule has 0 amide bonds. The van der Waals surface area contributed by atoms with Crippen LogP contribution in [0.2, 0.25) is 0 Å². The summed E-state index contributed by atoms with van der Waals surface area (Å²) in [7, 11) is 1.61. The molecule has 84 valence electrons. The number of aliphatic hydroxyl groups is 1. The smallest absolute Gasteiger partial charge is 0.140 e. The van der Waals surface area contributed by atoms with Gasteiger partial charge in [0.05, 0.1) is 7.11 Å². The van der Waals surface area contributed by atoms with E-state index in [1.54, 1.807) is 19.2 Å². The molecule has 0 heterocycles. The molecule has 16 heavy (non-hydrogen) atoms. The molecule has 1 aromatic rings. The van der Waals surface area contributed by atoms with Crippen LogP contribution in [0.5, 0.6) is 5.75 Å². The molecular formula is C14H16O2. The largest absolute Gasteiger partial charge is 0.497 e. The van der Waals surface area contributed by atoms with Gasteiger partial charge in [0.1, 0.15) is 11.9 Å². The number of benzene rings is 1. The van der Waals surface area contributed by atoms with Crippen LogP contribution in [0.15, 0.2) is 23.8 Å². The zero-order valence-corrected chi connectivity index (χ0v) is 9.82. The molecular weight excluding hydrogens is 200 g/mol. The van der Waals surface area contributed by atoms with Crippen LogP contribution in [0.25, 0.3) is 6.08 Å². The third-order valence-corrected chi connectivity index (χ3v) is 2.19. The van der Waals surface area contributed by atoms with Gasteiger partial charge in [0, 0.05) is 5.56 Å². The maximum atomic E-state index is 9.68. The summed E-state index contributed by atoms with van der Waals surface area (Å²) >= 11 is 0. The molecule has 1 rings (SSSR count). The van der Waals surface area contributed by atoms with E-state index in [9.17, 15) is 5.11 Å². The van der Waals surface area contributed by atoms with Gasteiger partial charge in [-0.25, -0.2) is 0 Å². The molecule has 0 aromatic heterocycles. The average molecular weight is 216 g/mol. The second-order valence-electron chi connectivity index (χ2n) is 3.79. The van der Waals surface area contributed by atoms with Crippen molar-refractivity contribution in [3.05, 3.63) is 34.9 Å². The topological polar surface area (TPSA) is 29.5 Å². The first-order valence-electron chi connectivity index (χ1n) is 5.05. The van der Waals surface area contributed by atoms with E-state index in [4.69, 9.17) is 11.2 Å². The van der Waals surface area contributed by atoms with Crippen molar-refractivity contribution in [3.63, 3.8) is 0 Å². The summed E-state index contributed by atoms with van der Waals surface area (Å²) in [6, 6.07) is 5.44. The lowest BCUT2D eigenvalue weighted by Crippen LogP contribution is -1.97. The van der Waals surface area contributed by atoms with Crippen molar-refractivity contribution < 1.29 is 9.84 Å². The van der Waals surface area contributed by atoms with Gasteiger partial charge in [-0.15, -0.1) is 6.42 Å². The average Bonchev–Trinajstić information content (AvgIpc) is 2.27. The molecule has 0 fully saturated rings. The van der Waals surface area contributed by atoms with Crippen molar-refractivity contribution >= 4 is 6.08 Å². The van der Waals surface area contributed by atoms with Crippen molar-refractivity contribution in [2.45, 2.75) is 20.0 Å². The standard InChI is InChI=1S/C14H16O2/c1-5-14(15)13-7-6-12(16-4)9-11(13)8-10(2)3/h1,6-9,14-15H,2-4H3. The maximum Gasteiger partial charge on any atom is 0.140 e. The summed E-state index contributed by atoms with van der Waals surface area (Å²) in [5.74, 6) is 3.07. The predicted octanol–water partition coefficient (Wildman–Crippen LogP) is 2.79. The minimum atomic E-state index is -0.878. The molecule has 1 atom stereocenters. The number of methoxy groups -OCH3 is 1. The lowest BCUT2D eigenvalue weighted by Gasteiger charge is -2.10. The Labute approximate surface area is 96.6 Å². The van der Waals surface area contributed by atoms with Crippen LogP contribution in [0.3, 0.4) is 0 Å². The van der Waals surface area contributed by atoms with Crippen LogP contribution in [0.4, 0.5) is 0 Å². The number of allylic oxidation sites excluding steroid dienone is 1. The van der Waals surface area contributed by atoms with Gasteiger partial charge in [-0.3, -0.25) is 0 Å². The number of hydrogen-bond donors (Lipinski definition) is 1. The van der Waals surface area contributed by atoms with Gasteiger partial charge in [-0.2, -0.15) is 0 Å². The minimum absolute atomic E-state index is 0.726. The first kappa shape index (κ1) is 12.4. The number of terminal acetylenes is 1. The van der Waals surface area contributed by atoms with Gasteiger partial charge < -0.3 is 9.84 Å². The lowest BCUT2D eigenvalue weighted by atomic mass is 10.0. The second kappa shape index (κ2) is 5.39. The Morgan fingerprint density at radius 2 is 2.19 bits per heavy atom. The first-order valence-corrected chi connectivity index (χ1v) is 5.05. The Bertz CT molecular complexity index is 435. The van der Waals surface area contributed by atoms with E-state index in [-0.39, 0.29) is 0 Å². The fourth-order valence-electron chi connectivity index (χ4n) is 1.45. The Morgan fingerprint density at radius 3 is 2.69 bits per heavy atom. The third kappa shape index (κ3) is 2.88. The van der Waals surface area contributed by atoms with Crippen molar-refractivity contribution in [2.24, 2.45) is 0 Å². The molecule has 0 aliphatic heterocycles. The van der Waals surface area contributed by atoms with Gasteiger partial charge in [0.2, 0.25) is 0 Å². The number of ether oxygens (including phenoxy) is 1. The van der Waals surface area contributed by atoms with Crippen LogP contribution in [0, 0.1) is 12.3 Å². The van der Waals surface area contributed by atoms with Crippen molar-refractivity contribution in [2.75, 3.05) is 7.11 Å². The molecule has 2 nitrogen and oxygen atoms in total. The maximum absolute atomic E-state index is 9.68. The highest BCUT2D eigenvalue weighted by molar-refractivity contribution is 5.59. The molecule has 0 aliphatic rings. The van der Waals surface area contributed by atoms with Crippen LogP contribution < -0.4 is 4.74 Å². The van der Waals surface area contributed by atoms with E-state index >= 15 is 0 Å². The van der Waals surface area contributed by atoms with E-state index in [1.165, 1.54) is 0 Å². The third-order valence-electron chi connectivity index (χ3n) is 2.19. The molecule has 0 bridgehead atoms. The summed E-state index contributed by atoms with van der Waals surface area (Å²) in [5, 5.41) is 9.68. The fraction of sp³-hybridized carbons (Fsp3) is 0.286. The SMILES string of the molecule is C#CC(O)c1ccc(OC)cc1C=C(C)C. The zero-order chi connectivity index (χ0) is 12.1. The highest BCUT2D eigenvalue weighted by Crippen LogP contribution is 2.24. The molecule has 2 heteroatoms. The van der Waals surface area contributed by atoms with Gasteiger partial charge >= 0.3 is 0 Å². The van der Waals surface area contributed by atoms with Gasteiger partial charge in [0.25, 0.3) is 0 Å². The van der Waals surface area contributed by atoms with E-state index < -0.39 is 6.10 Å². The van der Waals surface area contributed by atoms with Crippen LogP contribution >= 0.6 is 0 Å². The molecule has 0 radical (unpaired) electrons. The highest BCUT2D eigenvalue weighted by Gasteiger charge is 2.09. The Morgan fingerprint density at radius 1 is 1.50 bits per heavy atom. The molecule has 0 aliphatic carbocycles. The summed E-state index contributed by atoms with van der Waals surface area (Å²) in [5.41, 5.74) is 2.76. The Balaban J connectivity index is 3.28. The summed E-state index contributed by atoms with van der Waals surface area (Å²) in [4.78, 5) is 0. The number of aliphatic hydroxyl groups excluding tert-OH is 1. The molecule has 1 aromatic carbocycles. The van der Waals surface area contributed by atoms with Crippen LogP contribution in [0.1, 0.15) is 31.1 Å². The van der Waals surface area contributed by atoms with Crippen molar-refractivity contribution in [3.8, 4) is 18.1 Å². The van der Waals surface area contributed by atoms with E-state index in [1.807, 2.05) is 26.0 Å². The summed E-state index contributed by atoms with van der Waals surface area (Å²) in [6.07, 6.45) is 6.31. The highest BCUT2D eigenvalue weighted by atomic mass is 16.5. The van der Waals surface area contributed by atoms with Crippen LogP contribution in [-0.2, 0) is 0 Å². The van der Waals surface area contributed by atoms with Crippen molar-refractivity contribution in [1.29, 1.82) is 0 Å². The Hall–Kier alpha value is -1.72. The molecule has 0 saturated carbocycles. The molecule has 1 unspecified atom stereocenters. The quantitative estimate of drug-likeness (QED) is 0.787. The Kier molecular flexibility index (Phi) is 4.16. The normalized spacial score (nSPS) is 11.4. The lowest BCUT2D eigenvalue weighted by molar-refractivity contribution is 0.238. The van der Waals surface area contributed by atoms with E-state index in [0.717, 1.165) is 22.4 Å². The van der Waals surface area contributed by atoms with Gasteiger partial charge in [-0.1, -0.05) is 23.6 Å². The van der Waals surface area contributed by atoms with Gasteiger partial charge in [-0.05, 0) is 31.5 Å². The second-order valence-corrected chi connectivity index (χ2v) is 3.79. The van der Waals surface area contributed by atoms with Crippen molar-refractivity contribution in [1.82, 2.24) is 0 Å². The molecule has 0 saturated heterocycles. The monoisotopic (exact) mass is 216 g/mol.